The summed E-state index contributed by atoms with van der Waals surface area (Å²) in [6, 6.07) is 0. The fraction of sp³-hybridized carbons (Fsp3) is 1.00. The minimum absolute atomic E-state index is 0.177. The quantitative estimate of drug-likeness (QED) is 0.457. The van der Waals surface area contributed by atoms with Gasteiger partial charge in [-0.15, -0.1) is 0 Å². The van der Waals surface area contributed by atoms with Crippen molar-refractivity contribution in [3.8, 4) is 0 Å². The number of aliphatic hydroxyl groups is 1. The number of aliphatic hydroxyl groups excluding tert-OH is 1. The molecule has 0 radical (unpaired) electrons. The summed E-state index contributed by atoms with van der Waals surface area (Å²) in [4.78, 5) is 0. The van der Waals surface area contributed by atoms with Crippen LogP contribution in [0.25, 0.3) is 0 Å². The van der Waals surface area contributed by atoms with Crippen LogP contribution in [-0.2, 0) is 4.74 Å². The second kappa shape index (κ2) is 2.07. The number of ether oxygens (including phenoxy) is 1. The van der Waals surface area contributed by atoms with Gasteiger partial charge in [-0.3, -0.25) is 0 Å². The number of hydrogen-bond donors (Lipinski definition) is 1. The van der Waals surface area contributed by atoms with Crippen LogP contribution in [0.2, 0.25) is 19.6 Å². The smallest absolute Gasteiger partial charge is 0.104 e. The summed E-state index contributed by atoms with van der Waals surface area (Å²) in [7, 11) is -1.09. The molecule has 0 saturated carbocycles. The summed E-state index contributed by atoms with van der Waals surface area (Å²) in [5.74, 6) is 0. The standard InChI is InChI=1S/C6H14O2Si/c1-9(2,3)6-5(4-7)8-6/h5-7H,4H2,1-3H3. The molecule has 1 aliphatic rings. The van der Waals surface area contributed by atoms with Crippen LogP contribution in [0.4, 0.5) is 0 Å². The van der Waals surface area contributed by atoms with E-state index in [9.17, 15) is 0 Å². The predicted molar refractivity (Wildman–Crippen MR) is 39.1 cm³/mol. The Morgan fingerprint density at radius 2 is 2.00 bits per heavy atom. The van der Waals surface area contributed by atoms with Gasteiger partial charge < -0.3 is 9.84 Å². The van der Waals surface area contributed by atoms with E-state index in [4.69, 9.17) is 9.84 Å². The van der Waals surface area contributed by atoms with Crippen molar-refractivity contribution < 1.29 is 9.84 Å². The molecule has 2 atom stereocenters. The second-order valence-corrected chi connectivity index (χ2v) is 8.94. The molecule has 54 valence electrons. The zero-order valence-electron chi connectivity index (χ0n) is 6.22. The van der Waals surface area contributed by atoms with Gasteiger partial charge in [0.1, 0.15) is 6.10 Å². The molecule has 1 heterocycles. The van der Waals surface area contributed by atoms with Crippen LogP contribution in [0.15, 0.2) is 0 Å². The van der Waals surface area contributed by atoms with E-state index in [0.29, 0.717) is 5.73 Å². The molecule has 1 fully saturated rings. The molecule has 3 heteroatoms. The first-order chi connectivity index (χ1) is 4.05. The molecule has 0 aromatic heterocycles. The van der Waals surface area contributed by atoms with Crippen LogP contribution in [-0.4, -0.2) is 31.6 Å². The Labute approximate surface area is 56.8 Å². The Morgan fingerprint density at radius 3 is 2.11 bits per heavy atom. The number of epoxide rings is 1. The van der Waals surface area contributed by atoms with Crippen LogP contribution in [0.5, 0.6) is 0 Å². The van der Waals surface area contributed by atoms with E-state index < -0.39 is 8.07 Å². The first kappa shape index (κ1) is 7.25. The molecule has 0 bridgehead atoms. The molecular weight excluding hydrogens is 132 g/mol. The molecule has 0 aliphatic carbocycles. The Bertz CT molecular complexity index is 108. The lowest BCUT2D eigenvalue weighted by molar-refractivity contribution is 0.243. The summed E-state index contributed by atoms with van der Waals surface area (Å²) >= 11 is 0. The Balaban J connectivity index is 2.33. The molecule has 2 unspecified atom stereocenters. The normalized spacial score (nSPS) is 34.7. The summed E-state index contributed by atoms with van der Waals surface area (Å²) in [6.07, 6.45) is 0.177. The van der Waals surface area contributed by atoms with E-state index in [0.717, 1.165) is 0 Å². The van der Waals surface area contributed by atoms with Crippen molar-refractivity contribution in [3.63, 3.8) is 0 Å². The second-order valence-electron chi connectivity index (χ2n) is 3.64. The van der Waals surface area contributed by atoms with Crippen molar-refractivity contribution in [2.24, 2.45) is 0 Å². The molecule has 0 spiro atoms. The fourth-order valence-electron chi connectivity index (χ4n) is 1.04. The minimum Gasteiger partial charge on any atom is -0.394 e. The van der Waals surface area contributed by atoms with E-state index in [2.05, 4.69) is 19.6 Å². The molecule has 0 aromatic rings. The average Bonchev–Trinajstić information content (AvgIpc) is 2.39. The number of hydrogen-bond acceptors (Lipinski definition) is 2. The SMILES string of the molecule is C[Si](C)(C)C1OC1CO. The maximum atomic E-state index is 8.64. The summed E-state index contributed by atoms with van der Waals surface area (Å²) < 4.78 is 5.24. The molecule has 1 N–H and O–H groups in total. The van der Waals surface area contributed by atoms with Crippen molar-refractivity contribution in [1.82, 2.24) is 0 Å². The van der Waals surface area contributed by atoms with Crippen molar-refractivity contribution in [1.29, 1.82) is 0 Å². The fourth-order valence-corrected chi connectivity index (χ4v) is 2.85. The van der Waals surface area contributed by atoms with E-state index >= 15 is 0 Å². The predicted octanol–water partition coefficient (Wildman–Crippen LogP) is 0.623. The van der Waals surface area contributed by atoms with Gasteiger partial charge in [0, 0.05) is 0 Å². The first-order valence-corrected chi connectivity index (χ1v) is 6.90. The largest absolute Gasteiger partial charge is 0.394 e. The van der Waals surface area contributed by atoms with Gasteiger partial charge in [-0.1, -0.05) is 19.6 Å². The van der Waals surface area contributed by atoms with Crippen molar-refractivity contribution in [3.05, 3.63) is 0 Å². The lowest BCUT2D eigenvalue weighted by Crippen LogP contribution is -2.31. The van der Waals surface area contributed by atoms with E-state index in [1.54, 1.807) is 0 Å². The van der Waals surface area contributed by atoms with Gasteiger partial charge in [0.05, 0.1) is 20.4 Å². The highest BCUT2D eigenvalue weighted by atomic mass is 28.3. The molecule has 9 heavy (non-hydrogen) atoms. The third-order valence-corrected chi connectivity index (χ3v) is 3.83. The van der Waals surface area contributed by atoms with Crippen LogP contribution in [0, 0.1) is 0 Å². The lowest BCUT2D eigenvalue weighted by atomic mass is 10.5. The van der Waals surface area contributed by atoms with Gasteiger partial charge in [-0.05, 0) is 0 Å². The molecular formula is C6H14O2Si. The van der Waals surface area contributed by atoms with Crippen LogP contribution in [0.1, 0.15) is 0 Å². The van der Waals surface area contributed by atoms with Crippen LogP contribution < -0.4 is 0 Å². The van der Waals surface area contributed by atoms with Crippen molar-refractivity contribution >= 4 is 8.07 Å². The summed E-state index contributed by atoms with van der Waals surface area (Å²) in [5.41, 5.74) is 0.419. The Morgan fingerprint density at radius 1 is 1.44 bits per heavy atom. The highest BCUT2D eigenvalue weighted by molar-refractivity contribution is 6.78. The van der Waals surface area contributed by atoms with Crippen LogP contribution in [0.3, 0.4) is 0 Å². The van der Waals surface area contributed by atoms with Gasteiger partial charge in [0.2, 0.25) is 0 Å². The van der Waals surface area contributed by atoms with Gasteiger partial charge >= 0.3 is 0 Å². The first-order valence-electron chi connectivity index (χ1n) is 3.32. The highest BCUT2D eigenvalue weighted by Gasteiger charge is 2.47. The molecule has 2 nitrogen and oxygen atoms in total. The van der Waals surface area contributed by atoms with Gasteiger partial charge in [-0.25, -0.2) is 0 Å². The van der Waals surface area contributed by atoms with Crippen molar-refractivity contribution in [2.45, 2.75) is 31.5 Å². The zero-order valence-corrected chi connectivity index (χ0v) is 7.22. The van der Waals surface area contributed by atoms with Gasteiger partial charge in [0.25, 0.3) is 0 Å². The molecule has 1 saturated heterocycles. The summed E-state index contributed by atoms with van der Waals surface area (Å²) in [6.45, 7) is 6.98. The lowest BCUT2D eigenvalue weighted by Gasteiger charge is -2.10. The Kier molecular flexibility index (Phi) is 1.67. The van der Waals surface area contributed by atoms with Gasteiger partial charge in [0.15, 0.2) is 0 Å². The average molecular weight is 146 g/mol. The molecule has 0 aromatic carbocycles. The molecule has 0 amide bonds. The van der Waals surface area contributed by atoms with Crippen molar-refractivity contribution in [2.75, 3.05) is 6.61 Å². The zero-order chi connectivity index (χ0) is 7.07. The monoisotopic (exact) mass is 146 g/mol. The highest BCUT2D eigenvalue weighted by Crippen LogP contribution is 2.30. The maximum Gasteiger partial charge on any atom is 0.104 e. The molecule has 1 rings (SSSR count). The Hall–Kier alpha value is 0.137. The summed E-state index contributed by atoms with van der Waals surface area (Å²) in [5, 5.41) is 8.64. The third-order valence-electron chi connectivity index (χ3n) is 1.62. The third kappa shape index (κ3) is 1.53. The van der Waals surface area contributed by atoms with Gasteiger partial charge in [-0.2, -0.15) is 0 Å². The topological polar surface area (TPSA) is 32.8 Å². The van der Waals surface area contributed by atoms with E-state index in [-0.39, 0.29) is 12.7 Å². The molecule has 1 aliphatic heterocycles. The minimum atomic E-state index is -1.09. The van der Waals surface area contributed by atoms with E-state index in [1.165, 1.54) is 0 Å². The van der Waals surface area contributed by atoms with Crippen LogP contribution >= 0.6 is 0 Å². The van der Waals surface area contributed by atoms with E-state index in [1.807, 2.05) is 0 Å². The number of rotatable bonds is 2. The maximum absolute atomic E-state index is 8.64.